The van der Waals surface area contributed by atoms with Crippen molar-refractivity contribution in [1.29, 1.82) is 0 Å². The van der Waals surface area contributed by atoms with Crippen LogP contribution in [-0.2, 0) is 6.61 Å². The van der Waals surface area contributed by atoms with Crippen LogP contribution in [0.1, 0.15) is 35.2 Å². The van der Waals surface area contributed by atoms with Gasteiger partial charge in [-0.05, 0) is 79.4 Å². The molecule has 6 nitrogen and oxygen atoms in total. The topological polar surface area (TPSA) is 65.4 Å². The fourth-order valence-electron chi connectivity index (χ4n) is 3.84. The highest BCUT2D eigenvalue weighted by molar-refractivity contribution is 5.97. The molecule has 180 valence electrons. The highest BCUT2D eigenvalue weighted by Crippen LogP contribution is 2.25. The average Bonchev–Trinajstić information content (AvgIpc) is 3.23. The molecule has 1 N–H and O–H groups in total. The number of imidazole rings is 1. The van der Waals surface area contributed by atoms with Crippen molar-refractivity contribution >= 4 is 16.9 Å². The first kappa shape index (κ1) is 22.8. The van der Waals surface area contributed by atoms with Crippen LogP contribution in [0, 0.1) is 0 Å². The van der Waals surface area contributed by atoms with Gasteiger partial charge < -0.3 is 14.8 Å². The molecule has 1 aliphatic carbocycles. The number of nitrogens with zero attached hydrogens (tertiary/aromatic N) is 2. The van der Waals surface area contributed by atoms with E-state index in [0.717, 1.165) is 36.0 Å². The molecular weight excluding hydrogens is 459 g/mol. The lowest BCUT2D eigenvalue weighted by molar-refractivity contribution is -0.274. The minimum atomic E-state index is -4.72. The van der Waals surface area contributed by atoms with Crippen molar-refractivity contribution in [2.75, 3.05) is 0 Å². The number of alkyl halides is 3. The molecule has 0 aliphatic heterocycles. The van der Waals surface area contributed by atoms with Gasteiger partial charge in [0.15, 0.2) is 0 Å². The number of amides is 1. The van der Waals surface area contributed by atoms with Gasteiger partial charge in [-0.2, -0.15) is 0 Å². The van der Waals surface area contributed by atoms with Gasteiger partial charge >= 0.3 is 6.36 Å². The van der Waals surface area contributed by atoms with Crippen LogP contribution < -0.4 is 14.8 Å². The molecule has 0 unspecified atom stereocenters. The van der Waals surface area contributed by atoms with Gasteiger partial charge in [-0.25, -0.2) is 4.98 Å². The lowest BCUT2D eigenvalue weighted by Gasteiger charge is -2.26. The lowest BCUT2D eigenvalue weighted by atomic mass is 9.93. The quantitative estimate of drug-likeness (QED) is 0.363. The molecule has 0 bridgehead atoms. The monoisotopic (exact) mass is 481 g/mol. The number of rotatable bonds is 7. The Bertz CT molecular complexity index is 1330. The minimum Gasteiger partial charge on any atom is -0.489 e. The van der Waals surface area contributed by atoms with Gasteiger partial charge in [0.05, 0.1) is 11.0 Å². The van der Waals surface area contributed by atoms with E-state index in [1.54, 1.807) is 18.5 Å². The minimum absolute atomic E-state index is 0.0739. The van der Waals surface area contributed by atoms with Crippen LogP contribution in [0.2, 0.25) is 0 Å². The molecule has 35 heavy (non-hydrogen) atoms. The fourth-order valence-corrected chi connectivity index (χ4v) is 3.84. The number of aromatic nitrogens is 2. The number of hydrogen-bond donors (Lipinski definition) is 1. The standard InChI is InChI=1S/C26H22F3N3O3/c27-26(28,29)35-22-9-4-17(5-10-22)15-34-21-11-7-20(8-12-21)32-16-30-23-14-18(6-13-24(23)32)25(33)31-19-2-1-3-19/h4-14,16,19H,1-3,15H2,(H,31,33). The molecule has 3 aromatic carbocycles. The molecule has 1 heterocycles. The summed E-state index contributed by atoms with van der Waals surface area (Å²) in [6.07, 6.45) is 0.217. The molecule has 0 radical (unpaired) electrons. The number of carbonyl (C=O) groups excluding carboxylic acids is 1. The number of fused-ring (bicyclic) bond motifs is 1. The highest BCUT2D eigenvalue weighted by atomic mass is 19.4. The van der Waals surface area contributed by atoms with Crippen LogP contribution in [0.4, 0.5) is 13.2 Å². The molecule has 0 atom stereocenters. The summed E-state index contributed by atoms with van der Waals surface area (Å²) in [5.74, 6) is 0.267. The molecule has 0 saturated heterocycles. The van der Waals surface area contributed by atoms with Gasteiger partial charge in [-0.15, -0.1) is 13.2 Å². The molecule has 5 rings (SSSR count). The van der Waals surface area contributed by atoms with E-state index in [0.29, 0.717) is 16.9 Å². The SMILES string of the molecule is O=C(NC1CCC1)c1ccc2c(c1)ncn2-c1ccc(OCc2ccc(OC(F)(F)F)cc2)cc1. The van der Waals surface area contributed by atoms with E-state index in [4.69, 9.17) is 4.74 Å². The van der Waals surface area contributed by atoms with Crippen LogP contribution in [0.15, 0.2) is 73.1 Å². The van der Waals surface area contributed by atoms with Crippen LogP contribution in [0.25, 0.3) is 16.7 Å². The van der Waals surface area contributed by atoms with Crippen molar-refractivity contribution in [3.8, 4) is 17.2 Å². The largest absolute Gasteiger partial charge is 0.573 e. The number of ether oxygens (including phenoxy) is 2. The predicted octanol–water partition coefficient (Wildman–Crippen LogP) is 5.79. The molecule has 9 heteroatoms. The Labute approximate surface area is 199 Å². The summed E-state index contributed by atoms with van der Waals surface area (Å²) in [6.45, 7) is 0.200. The Morgan fingerprint density at radius 1 is 1.00 bits per heavy atom. The number of nitrogens with one attached hydrogen (secondary N) is 1. The molecule has 1 fully saturated rings. The summed E-state index contributed by atoms with van der Waals surface area (Å²) in [6, 6.07) is 18.7. The van der Waals surface area contributed by atoms with Crippen molar-refractivity contribution in [3.05, 3.63) is 84.2 Å². The molecule has 1 saturated carbocycles. The maximum Gasteiger partial charge on any atom is 0.573 e. The van der Waals surface area contributed by atoms with E-state index in [1.165, 1.54) is 24.3 Å². The van der Waals surface area contributed by atoms with Crippen molar-refractivity contribution in [3.63, 3.8) is 0 Å². The number of carbonyl (C=O) groups is 1. The van der Waals surface area contributed by atoms with E-state index < -0.39 is 6.36 Å². The summed E-state index contributed by atoms with van der Waals surface area (Å²) in [5, 5.41) is 3.04. The second-order valence-electron chi connectivity index (χ2n) is 8.39. The maximum atomic E-state index is 12.4. The summed E-state index contributed by atoms with van der Waals surface area (Å²) in [4.78, 5) is 16.9. The van der Waals surface area contributed by atoms with E-state index in [1.807, 2.05) is 34.9 Å². The van der Waals surface area contributed by atoms with E-state index in [-0.39, 0.29) is 24.3 Å². The van der Waals surface area contributed by atoms with Crippen molar-refractivity contribution in [1.82, 2.24) is 14.9 Å². The summed E-state index contributed by atoms with van der Waals surface area (Å²) < 4.78 is 48.3. The smallest absolute Gasteiger partial charge is 0.489 e. The average molecular weight is 481 g/mol. The van der Waals surface area contributed by atoms with Crippen molar-refractivity contribution in [2.24, 2.45) is 0 Å². The Balaban J connectivity index is 1.23. The van der Waals surface area contributed by atoms with Crippen LogP contribution >= 0.6 is 0 Å². The van der Waals surface area contributed by atoms with Gasteiger partial charge in [-0.1, -0.05) is 12.1 Å². The number of benzene rings is 3. The first-order chi connectivity index (χ1) is 16.8. The van der Waals surface area contributed by atoms with Gasteiger partial charge in [0.25, 0.3) is 5.91 Å². The van der Waals surface area contributed by atoms with Gasteiger partial charge in [0, 0.05) is 17.3 Å². The Hall–Kier alpha value is -4.01. The Morgan fingerprint density at radius 2 is 1.71 bits per heavy atom. The second-order valence-corrected chi connectivity index (χ2v) is 8.39. The maximum absolute atomic E-state index is 12.4. The Morgan fingerprint density at radius 3 is 2.37 bits per heavy atom. The molecular formula is C26H22F3N3O3. The number of hydrogen-bond acceptors (Lipinski definition) is 4. The Kier molecular flexibility index (Phi) is 6.07. The molecule has 0 spiro atoms. The molecule has 1 amide bonds. The van der Waals surface area contributed by atoms with E-state index in [9.17, 15) is 18.0 Å². The second kappa shape index (κ2) is 9.32. The normalized spacial score (nSPS) is 13.9. The zero-order valence-corrected chi connectivity index (χ0v) is 18.6. The highest BCUT2D eigenvalue weighted by Gasteiger charge is 2.31. The zero-order chi connectivity index (χ0) is 24.4. The summed E-state index contributed by atoms with van der Waals surface area (Å²) >= 11 is 0. The third-order valence-corrected chi connectivity index (χ3v) is 5.93. The van der Waals surface area contributed by atoms with Gasteiger partial charge in [0.1, 0.15) is 24.4 Å². The molecule has 4 aromatic rings. The zero-order valence-electron chi connectivity index (χ0n) is 18.6. The fraction of sp³-hybridized carbons (Fsp3) is 0.231. The van der Waals surface area contributed by atoms with Crippen molar-refractivity contribution in [2.45, 2.75) is 38.3 Å². The van der Waals surface area contributed by atoms with Crippen LogP contribution in [-0.4, -0.2) is 27.9 Å². The molecule has 1 aliphatic rings. The van der Waals surface area contributed by atoms with Crippen molar-refractivity contribution < 1.29 is 27.4 Å². The first-order valence-corrected chi connectivity index (χ1v) is 11.2. The third-order valence-electron chi connectivity index (χ3n) is 5.93. The number of halogens is 3. The summed E-state index contributed by atoms with van der Waals surface area (Å²) in [5.41, 5.74) is 3.78. The lowest BCUT2D eigenvalue weighted by Crippen LogP contribution is -2.39. The summed E-state index contributed by atoms with van der Waals surface area (Å²) in [7, 11) is 0. The third kappa shape index (κ3) is 5.40. The predicted molar refractivity (Wildman–Crippen MR) is 124 cm³/mol. The van der Waals surface area contributed by atoms with Gasteiger partial charge in [-0.3, -0.25) is 9.36 Å². The van der Waals surface area contributed by atoms with E-state index >= 15 is 0 Å². The molecule has 1 aromatic heterocycles. The van der Waals surface area contributed by atoms with E-state index in [2.05, 4.69) is 15.0 Å². The van der Waals surface area contributed by atoms with Gasteiger partial charge in [0.2, 0.25) is 0 Å². The first-order valence-electron chi connectivity index (χ1n) is 11.2. The van der Waals surface area contributed by atoms with Crippen LogP contribution in [0.5, 0.6) is 11.5 Å². The van der Waals surface area contributed by atoms with Crippen LogP contribution in [0.3, 0.4) is 0 Å².